The lowest BCUT2D eigenvalue weighted by atomic mass is 10.1. The molecule has 0 aliphatic carbocycles. The fraction of sp³-hybridized carbons (Fsp3) is 0.320. The number of carbonyl (C=O) groups is 1. The van der Waals surface area contributed by atoms with E-state index < -0.39 is 5.91 Å². The van der Waals surface area contributed by atoms with E-state index >= 15 is 0 Å². The van der Waals surface area contributed by atoms with Crippen molar-refractivity contribution in [2.24, 2.45) is 5.73 Å². The maximum atomic E-state index is 12.0. The first-order valence-electron chi connectivity index (χ1n) is 10.6. The Morgan fingerprint density at radius 3 is 2.26 bits per heavy atom. The Balaban J connectivity index is 1.71. The van der Waals surface area contributed by atoms with Crippen LogP contribution < -0.4 is 20.1 Å². The Morgan fingerprint density at radius 1 is 0.968 bits per heavy atom. The number of methoxy groups -OCH3 is 2. The maximum absolute atomic E-state index is 12.0. The molecule has 1 aliphatic heterocycles. The summed E-state index contributed by atoms with van der Waals surface area (Å²) < 4.78 is 12.9. The van der Waals surface area contributed by atoms with Crippen molar-refractivity contribution < 1.29 is 14.3 Å². The summed E-state index contributed by atoms with van der Waals surface area (Å²) in [6.45, 7) is 4.74. The lowest BCUT2D eigenvalue weighted by Gasteiger charge is -2.18. The summed E-state index contributed by atoms with van der Waals surface area (Å²) in [5, 5.41) is 0. The van der Waals surface area contributed by atoms with Crippen LogP contribution in [-0.4, -0.2) is 37.8 Å². The SMILES string of the molecule is COc1ccc(Cn2c(-c3ccc(N4CCCC4)cc3)cc(C(N)=O)c2C)cc1OC. The molecule has 1 amide bonds. The second-order valence-electron chi connectivity index (χ2n) is 7.91. The fourth-order valence-corrected chi connectivity index (χ4v) is 4.32. The predicted octanol–water partition coefficient (Wildman–Crippen LogP) is 4.23. The molecule has 1 saturated heterocycles. The highest BCUT2D eigenvalue weighted by molar-refractivity contribution is 5.95. The van der Waals surface area contributed by atoms with Gasteiger partial charge in [-0.05, 0) is 61.2 Å². The van der Waals surface area contributed by atoms with E-state index in [0.717, 1.165) is 35.6 Å². The van der Waals surface area contributed by atoms with Gasteiger partial charge in [0, 0.05) is 36.7 Å². The second kappa shape index (κ2) is 8.76. The molecule has 1 fully saturated rings. The third-order valence-electron chi connectivity index (χ3n) is 6.05. The smallest absolute Gasteiger partial charge is 0.250 e. The number of primary amides is 1. The molecule has 6 heteroatoms. The number of rotatable bonds is 7. The van der Waals surface area contributed by atoms with Crippen LogP contribution in [0.25, 0.3) is 11.3 Å². The Labute approximate surface area is 183 Å². The average molecular weight is 420 g/mol. The number of benzene rings is 2. The number of nitrogens with zero attached hydrogens (tertiary/aromatic N) is 2. The summed E-state index contributed by atoms with van der Waals surface area (Å²) in [7, 11) is 3.25. The van der Waals surface area contributed by atoms with Crippen molar-refractivity contribution in [3.05, 3.63) is 65.4 Å². The van der Waals surface area contributed by atoms with Gasteiger partial charge in [-0.25, -0.2) is 0 Å². The van der Waals surface area contributed by atoms with Gasteiger partial charge in [0.05, 0.1) is 19.8 Å². The molecule has 0 bridgehead atoms. The summed E-state index contributed by atoms with van der Waals surface area (Å²) in [5.74, 6) is 0.945. The van der Waals surface area contributed by atoms with E-state index in [1.807, 2.05) is 31.2 Å². The highest BCUT2D eigenvalue weighted by Crippen LogP contribution is 2.32. The van der Waals surface area contributed by atoms with E-state index in [1.165, 1.54) is 18.5 Å². The topological polar surface area (TPSA) is 69.7 Å². The van der Waals surface area contributed by atoms with Gasteiger partial charge < -0.3 is 24.7 Å². The van der Waals surface area contributed by atoms with Gasteiger partial charge in [-0.1, -0.05) is 18.2 Å². The standard InChI is InChI=1S/C25H29N3O3/c1-17-21(25(26)29)15-22(19-7-9-20(10-8-19)27-12-4-5-13-27)28(17)16-18-6-11-23(30-2)24(14-18)31-3/h6-11,14-15H,4-5,12-13,16H2,1-3H3,(H2,26,29). The lowest BCUT2D eigenvalue weighted by molar-refractivity contribution is 0.0999. The third kappa shape index (κ3) is 4.10. The average Bonchev–Trinajstić information content (AvgIpc) is 3.43. The highest BCUT2D eigenvalue weighted by Gasteiger charge is 2.18. The van der Waals surface area contributed by atoms with Gasteiger partial charge in [0.2, 0.25) is 0 Å². The van der Waals surface area contributed by atoms with E-state index in [1.54, 1.807) is 14.2 Å². The van der Waals surface area contributed by atoms with Crippen molar-refractivity contribution in [1.82, 2.24) is 4.57 Å². The molecule has 4 rings (SSSR count). The molecule has 0 spiro atoms. The van der Waals surface area contributed by atoms with Crippen LogP contribution in [0.4, 0.5) is 5.69 Å². The molecule has 31 heavy (non-hydrogen) atoms. The minimum absolute atomic E-state index is 0.418. The zero-order valence-corrected chi connectivity index (χ0v) is 18.4. The molecule has 0 atom stereocenters. The van der Waals surface area contributed by atoms with Crippen LogP contribution in [0.2, 0.25) is 0 Å². The molecular weight excluding hydrogens is 390 g/mol. The van der Waals surface area contributed by atoms with E-state index in [4.69, 9.17) is 15.2 Å². The maximum Gasteiger partial charge on any atom is 0.250 e. The predicted molar refractivity (Wildman–Crippen MR) is 123 cm³/mol. The summed E-state index contributed by atoms with van der Waals surface area (Å²) in [4.78, 5) is 14.5. The lowest BCUT2D eigenvalue weighted by Crippen LogP contribution is -2.17. The van der Waals surface area contributed by atoms with Gasteiger partial charge in [0.15, 0.2) is 11.5 Å². The highest BCUT2D eigenvalue weighted by atomic mass is 16.5. The molecule has 2 heterocycles. The summed E-state index contributed by atoms with van der Waals surface area (Å²) in [6.07, 6.45) is 2.49. The first-order chi connectivity index (χ1) is 15.0. The quantitative estimate of drug-likeness (QED) is 0.622. The molecule has 6 nitrogen and oxygen atoms in total. The van der Waals surface area contributed by atoms with Crippen molar-refractivity contribution in [2.75, 3.05) is 32.2 Å². The fourth-order valence-electron chi connectivity index (χ4n) is 4.32. The molecule has 2 N–H and O–H groups in total. The van der Waals surface area contributed by atoms with Crippen molar-refractivity contribution in [3.63, 3.8) is 0 Å². The zero-order chi connectivity index (χ0) is 22.0. The van der Waals surface area contributed by atoms with Gasteiger partial charge in [-0.2, -0.15) is 0 Å². The molecule has 3 aromatic rings. The van der Waals surface area contributed by atoms with Crippen LogP contribution >= 0.6 is 0 Å². The van der Waals surface area contributed by atoms with Gasteiger partial charge in [-0.3, -0.25) is 4.79 Å². The number of carbonyl (C=O) groups excluding carboxylic acids is 1. The number of hydrogen-bond donors (Lipinski definition) is 1. The Hall–Kier alpha value is -3.41. The summed E-state index contributed by atoms with van der Waals surface area (Å²) in [6, 6.07) is 16.3. The van der Waals surface area contributed by atoms with Crippen molar-refractivity contribution >= 4 is 11.6 Å². The Bertz CT molecular complexity index is 1080. The van der Waals surface area contributed by atoms with Crippen molar-refractivity contribution in [3.8, 4) is 22.8 Å². The summed E-state index contributed by atoms with van der Waals surface area (Å²) in [5.41, 5.74) is 11.4. The number of amides is 1. The number of hydrogen-bond acceptors (Lipinski definition) is 4. The van der Waals surface area contributed by atoms with Crippen molar-refractivity contribution in [2.45, 2.75) is 26.3 Å². The monoisotopic (exact) mass is 419 g/mol. The normalized spacial score (nSPS) is 13.5. The second-order valence-corrected chi connectivity index (χ2v) is 7.91. The van der Waals surface area contributed by atoms with E-state index in [2.05, 4.69) is 33.7 Å². The van der Waals surface area contributed by atoms with Gasteiger partial charge in [-0.15, -0.1) is 0 Å². The molecule has 162 valence electrons. The summed E-state index contributed by atoms with van der Waals surface area (Å²) >= 11 is 0. The molecule has 1 aromatic heterocycles. The van der Waals surface area contributed by atoms with E-state index in [9.17, 15) is 4.79 Å². The minimum atomic E-state index is -0.418. The molecule has 0 radical (unpaired) electrons. The van der Waals surface area contributed by atoms with Crippen LogP contribution in [-0.2, 0) is 6.54 Å². The Morgan fingerprint density at radius 2 is 1.65 bits per heavy atom. The largest absolute Gasteiger partial charge is 0.493 e. The zero-order valence-electron chi connectivity index (χ0n) is 18.4. The number of anilines is 1. The van der Waals surface area contributed by atoms with Crippen LogP contribution in [0, 0.1) is 6.92 Å². The first-order valence-corrected chi connectivity index (χ1v) is 10.6. The molecule has 0 unspecified atom stereocenters. The first kappa shape index (κ1) is 20.8. The van der Waals surface area contributed by atoms with E-state index in [-0.39, 0.29) is 0 Å². The molecule has 0 saturated carbocycles. The van der Waals surface area contributed by atoms with Crippen LogP contribution in [0.3, 0.4) is 0 Å². The number of aromatic nitrogens is 1. The molecule has 1 aliphatic rings. The van der Waals surface area contributed by atoms with Gasteiger partial charge in [0.1, 0.15) is 0 Å². The minimum Gasteiger partial charge on any atom is -0.493 e. The Kier molecular flexibility index (Phi) is 5.89. The van der Waals surface area contributed by atoms with E-state index in [0.29, 0.717) is 23.6 Å². The number of ether oxygens (including phenoxy) is 2. The van der Waals surface area contributed by atoms with Crippen LogP contribution in [0.5, 0.6) is 11.5 Å². The molecular formula is C25H29N3O3. The van der Waals surface area contributed by atoms with Gasteiger partial charge >= 0.3 is 0 Å². The third-order valence-corrected chi connectivity index (χ3v) is 6.05. The van der Waals surface area contributed by atoms with Crippen molar-refractivity contribution in [1.29, 1.82) is 0 Å². The van der Waals surface area contributed by atoms with Crippen LogP contribution in [0.15, 0.2) is 48.5 Å². The van der Waals surface area contributed by atoms with Gasteiger partial charge in [0.25, 0.3) is 5.91 Å². The number of nitrogens with two attached hydrogens (primary N) is 1. The van der Waals surface area contributed by atoms with Crippen LogP contribution in [0.1, 0.15) is 34.5 Å². The molecule has 2 aromatic carbocycles.